The molecule has 0 radical (unpaired) electrons. The lowest BCUT2D eigenvalue weighted by Crippen LogP contribution is -1.70. The number of hydrogen-bond acceptors (Lipinski definition) is 4. The van der Waals surface area contributed by atoms with Crippen molar-refractivity contribution >= 4 is 45.9 Å². The smallest absolute Gasteiger partial charge is 0.140 e. The van der Waals surface area contributed by atoms with E-state index in [4.69, 9.17) is 23.2 Å². The molecule has 0 N–H and O–H groups in total. The summed E-state index contributed by atoms with van der Waals surface area (Å²) in [6.07, 6.45) is 0. The van der Waals surface area contributed by atoms with Gasteiger partial charge < -0.3 is 0 Å². The van der Waals surface area contributed by atoms with Gasteiger partial charge in [0.1, 0.15) is 0 Å². The van der Waals surface area contributed by atoms with E-state index >= 15 is 0 Å². The molecule has 6 heteroatoms. The van der Waals surface area contributed by atoms with Crippen LogP contribution in [0.15, 0.2) is 11.4 Å². The second kappa shape index (κ2) is 3.30. The van der Waals surface area contributed by atoms with Gasteiger partial charge in [0.15, 0.2) is 5.01 Å². The minimum absolute atomic E-state index is 0.439. The standard InChI is InChI=1S/C6H2Cl2N2S2/c7-3-1-2-11-4(3)5-9-10-6(8)12-5/h1-2H. The number of thiophene rings is 1. The summed E-state index contributed by atoms with van der Waals surface area (Å²) in [6, 6.07) is 1.83. The van der Waals surface area contributed by atoms with Crippen molar-refractivity contribution in [3.8, 4) is 9.88 Å². The lowest BCUT2D eigenvalue weighted by molar-refractivity contribution is 1.10. The zero-order valence-electron chi connectivity index (χ0n) is 5.62. The van der Waals surface area contributed by atoms with Crippen LogP contribution < -0.4 is 0 Å². The quantitative estimate of drug-likeness (QED) is 0.757. The molecule has 0 unspecified atom stereocenters. The largest absolute Gasteiger partial charge is 0.207 e. The molecule has 2 aromatic heterocycles. The van der Waals surface area contributed by atoms with Crippen LogP contribution in [0.25, 0.3) is 9.88 Å². The molecule has 0 saturated heterocycles. The van der Waals surface area contributed by atoms with E-state index in [-0.39, 0.29) is 0 Å². The average Bonchev–Trinajstić information content (AvgIpc) is 2.58. The first kappa shape index (κ1) is 8.44. The maximum Gasteiger partial charge on any atom is 0.207 e. The summed E-state index contributed by atoms with van der Waals surface area (Å²) in [5.41, 5.74) is 0. The van der Waals surface area contributed by atoms with Crippen LogP contribution in [0, 0.1) is 0 Å². The highest BCUT2D eigenvalue weighted by molar-refractivity contribution is 7.23. The third kappa shape index (κ3) is 1.47. The van der Waals surface area contributed by atoms with Gasteiger partial charge in [-0.15, -0.1) is 21.5 Å². The Balaban J connectivity index is 2.50. The van der Waals surface area contributed by atoms with Crippen molar-refractivity contribution in [2.45, 2.75) is 0 Å². The highest BCUT2D eigenvalue weighted by Crippen LogP contribution is 2.35. The third-order valence-electron chi connectivity index (χ3n) is 1.21. The first-order valence-corrected chi connectivity index (χ1v) is 5.45. The molecule has 0 aromatic carbocycles. The Bertz CT molecular complexity index is 396. The van der Waals surface area contributed by atoms with Crippen LogP contribution in [0.3, 0.4) is 0 Å². The minimum atomic E-state index is 0.439. The summed E-state index contributed by atoms with van der Waals surface area (Å²) < 4.78 is 0.439. The van der Waals surface area contributed by atoms with Crippen molar-refractivity contribution in [2.24, 2.45) is 0 Å². The summed E-state index contributed by atoms with van der Waals surface area (Å²) in [5, 5.41) is 11.0. The van der Waals surface area contributed by atoms with Gasteiger partial charge in [-0.25, -0.2) is 0 Å². The average molecular weight is 237 g/mol. The van der Waals surface area contributed by atoms with Crippen LogP contribution in [0.2, 0.25) is 9.49 Å². The predicted molar refractivity (Wildman–Crippen MR) is 53.2 cm³/mol. The number of rotatable bonds is 1. The van der Waals surface area contributed by atoms with Crippen LogP contribution in [0.4, 0.5) is 0 Å². The molecule has 0 atom stereocenters. The fraction of sp³-hybridized carbons (Fsp3) is 0. The lowest BCUT2D eigenvalue weighted by Gasteiger charge is -1.86. The van der Waals surface area contributed by atoms with Gasteiger partial charge in [0.25, 0.3) is 0 Å². The summed E-state index contributed by atoms with van der Waals surface area (Å²) in [7, 11) is 0. The fourth-order valence-corrected chi connectivity index (χ4v) is 2.87. The van der Waals surface area contributed by atoms with Crippen LogP contribution in [-0.4, -0.2) is 10.2 Å². The van der Waals surface area contributed by atoms with Crippen LogP contribution in [-0.2, 0) is 0 Å². The van der Waals surface area contributed by atoms with E-state index in [0.717, 1.165) is 9.88 Å². The zero-order valence-corrected chi connectivity index (χ0v) is 8.77. The molecular formula is C6H2Cl2N2S2. The molecule has 62 valence electrons. The summed E-state index contributed by atoms with van der Waals surface area (Å²) in [6.45, 7) is 0. The van der Waals surface area contributed by atoms with Crippen molar-refractivity contribution in [2.75, 3.05) is 0 Å². The van der Waals surface area contributed by atoms with Gasteiger partial charge in [-0.2, -0.15) is 0 Å². The van der Waals surface area contributed by atoms with E-state index in [1.165, 1.54) is 22.7 Å². The molecule has 2 rings (SSSR count). The van der Waals surface area contributed by atoms with E-state index in [9.17, 15) is 0 Å². The van der Waals surface area contributed by atoms with Gasteiger partial charge in [-0.1, -0.05) is 22.9 Å². The number of hydrogen-bond donors (Lipinski definition) is 0. The molecule has 2 nitrogen and oxygen atoms in total. The zero-order chi connectivity index (χ0) is 8.55. The van der Waals surface area contributed by atoms with E-state index in [1.807, 2.05) is 11.4 Å². The van der Waals surface area contributed by atoms with Crippen LogP contribution in [0.5, 0.6) is 0 Å². The van der Waals surface area contributed by atoms with Crippen molar-refractivity contribution in [3.05, 3.63) is 20.9 Å². The Morgan fingerprint density at radius 3 is 2.58 bits per heavy atom. The second-order valence-corrected chi connectivity index (χ2v) is 4.84. The summed E-state index contributed by atoms with van der Waals surface area (Å²) in [5.74, 6) is 0. The Kier molecular flexibility index (Phi) is 2.32. The molecular weight excluding hydrogens is 235 g/mol. The Hall–Kier alpha value is -0.160. The van der Waals surface area contributed by atoms with E-state index in [2.05, 4.69) is 10.2 Å². The van der Waals surface area contributed by atoms with Crippen molar-refractivity contribution < 1.29 is 0 Å². The Morgan fingerprint density at radius 1 is 1.25 bits per heavy atom. The van der Waals surface area contributed by atoms with E-state index < -0.39 is 0 Å². The molecule has 0 saturated carbocycles. The molecule has 0 aliphatic carbocycles. The molecule has 2 aromatic rings. The highest BCUT2D eigenvalue weighted by Gasteiger charge is 2.09. The number of nitrogens with zero attached hydrogens (tertiary/aromatic N) is 2. The maximum atomic E-state index is 5.89. The van der Waals surface area contributed by atoms with Crippen LogP contribution >= 0.6 is 45.9 Å². The lowest BCUT2D eigenvalue weighted by atomic mass is 10.5. The van der Waals surface area contributed by atoms with Gasteiger partial charge in [0, 0.05) is 0 Å². The molecule has 0 amide bonds. The molecule has 0 bridgehead atoms. The first-order valence-electron chi connectivity index (χ1n) is 3.00. The van der Waals surface area contributed by atoms with E-state index in [0.29, 0.717) is 9.49 Å². The third-order valence-corrected chi connectivity index (χ3v) is 3.73. The van der Waals surface area contributed by atoms with Crippen molar-refractivity contribution in [3.63, 3.8) is 0 Å². The van der Waals surface area contributed by atoms with Gasteiger partial charge in [0.05, 0.1) is 9.90 Å². The summed E-state index contributed by atoms with van der Waals surface area (Å²) >= 11 is 14.4. The van der Waals surface area contributed by atoms with E-state index in [1.54, 1.807) is 0 Å². The molecule has 12 heavy (non-hydrogen) atoms. The van der Waals surface area contributed by atoms with Crippen molar-refractivity contribution in [1.29, 1.82) is 0 Å². The second-order valence-electron chi connectivity index (χ2n) is 1.96. The SMILES string of the molecule is Clc1nnc(-c2sccc2Cl)s1. The highest BCUT2D eigenvalue weighted by atomic mass is 35.5. The topological polar surface area (TPSA) is 25.8 Å². The minimum Gasteiger partial charge on any atom is -0.140 e. The normalized spacial score (nSPS) is 10.5. The number of halogens is 2. The van der Waals surface area contributed by atoms with Gasteiger partial charge in [0.2, 0.25) is 4.47 Å². The van der Waals surface area contributed by atoms with Gasteiger partial charge >= 0.3 is 0 Å². The molecule has 0 fully saturated rings. The monoisotopic (exact) mass is 236 g/mol. The summed E-state index contributed by atoms with van der Waals surface area (Å²) in [4.78, 5) is 0.932. The van der Waals surface area contributed by atoms with Gasteiger partial charge in [-0.3, -0.25) is 0 Å². The Morgan fingerprint density at radius 2 is 2.08 bits per heavy atom. The molecule has 2 heterocycles. The fourth-order valence-electron chi connectivity index (χ4n) is 0.743. The maximum absolute atomic E-state index is 5.89. The van der Waals surface area contributed by atoms with Gasteiger partial charge in [-0.05, 0) is 23.0 Å². The van der Waals surface area contributed by atoms with Crippen LogP contribution in [0.1, 0.15) is 0 Å². The molecule has 0 aliphatic rings. The molecule has 0 spiro atoms. The molecule has 0 aliphatic heterocycles. The Labute approximate surface area is 86.8 Å². The van der Waals surface area contributed by atoms with Crippen molar-refractivity contribution in [1.82, 2.24) is 10.2 Å². The predicted octanol–water partition coefficient (Wildman–Crippen LogP) is 3.57. The number of aromatic nitrogens is 2. The first-order chi connectivity index (χ1) is 5.77.